The maximum Gasteiger partial charge on any atom is 0.0340 e. The van der Waals surface area contributed by atoms with Gasteiger partial charge in [0, 0.05) is 12.7 Å². The molecule has 1 heteroatoms. The van der Waals surface area contributed by atoms with Crippen molar-refractivity contribution in [1.29, 1.82) is 0 Å². The SMILES string of the molecule is CNc1cccc(C2(C)CCCC2)c1. The van der Waals surface area contributed by atoms with Crippen LogP contribution < -0.4 is 5.32 Å². The third kappa shape index (κ3) is 1.63. The zero-order valence-electron chi connectivity index (χ0n) is 9.14. The number of benzene rings is 1. The van der Waals surface area contributed by atoms with Crippen LogP contribution in [-0.4, -0.2) is 7.05 Å². The fraction of sp³-hybridized carbons (Fsp3) is 0.538. The Morgan fingerprint density at radius 1 is 1.21 bits per heavy atom. The third-order valence-electron chi connectivity index (χ3n) is 3.56. The molecule has 0 radical (unpaired) electrons. The number of hydrogen-bond donors (Lipinski definition) is 1. The minimum atomic E-state index is 0.437. The van der Waals surface area contributed by atoms with Gasteiger partial charge in [0.15, 0.2) is 0 Å². The minimum Gasteiger partial charge on any atom is -0.388 e. The van der Waals surface area contributed by atoms with Crippen LogP contribution in [0.15, 0.2) is 24.3 Å². The lowest BCUT2D eigenvalue weighted by molar-refractivity contribution is 0.491. The van der Waals surface area contributed by atoms with Crippen LogP contribution in [-0.2, 0) is 5.41 Å². The van der Waals surface area contributed by atoms with Gasteiger partial charge in [-0.1, -0.05) is 31.9 Å². The molecule has 0 amide bonds. The number of rotatable bonds is 2. The van der Waals surface area contributed by atoms with E-state index in [1.807, 2.05) is 7.05 Å². The second kappa shape index (κ2) is 3.64. The average molecular weight is 189 g/mol. The van der Waals surface area contributed by atoms with E-state index in [4.69, 9.17) is 0 Å². The van der Waals surface area contributed by atoms with Gasteiger partial charge in [0.05, 0.1) is 0 Å². The summed E-state index contributed by atoms with van der Waals surface area (Å²) in [4.78, 5) is 0. The molecule has 1 fully saturated rings. The summed E-state index contributed by atoms with van der Waals surface area (Å²) in [7, 11) is 1.98. The van der Waals surface area contributed by atoms with E-state index in [1.54, 1.807) is 0 Å². The minimum absolute atomic E-state index is 0.437. The predicted octanol–water partition coefficient (Wildman–Crippen LogP) is 3.56. The maximum atomic E-state index is 3.21. The molecule has 1 saturated carbocycles. The van der Waals surface area contributed by atoms with Crippen molar-refractivity contribution in [2.24, 2.45) is 0 Å². The van der Waals surface area contributed by atoms with Gasteiger partial charge in [0.25, 0.3) is 0 Å². The molecule has 1 aromatic carbocycles. The van der Waals surface area contributed by atoms with Crippen LogP contribution in [0.3, 0.4) is 0 Å². The first-order valence-electron chi connectivity index (χ1n) is 5.53. The Balaban J connectivity index is 2.30. The van der Waals surface area contributed by atoms with E-state index in [-0.39, 0.29) is 0 Å². The lowest BCUT2D eigenvalue weighted by atomic mass is 9.81. The lowest BCUT2D eigenvalue weighted by Gasteiger charge is -2.24. The molecule has 14 heavy (non-hydrogen) atoms. The summed E-state index contributed by atoms with van der Waals surface area (Å²) >= 11 is 0. The second-order valence-electron chi connectivity index (χ2n) is 4.60. The van der Waals surface area contributed by atoms with E-state index >= 15 is 0 Å². The van der Waals surface area contributed by atoms with Gasteiger partial charge in [-0.2, -0.15) is 0 Å². The Labute approximate surface area is 86.5 Å². The Hall–Kier alpha value is -0.980. The van der Waals surface area contributed by atoms with Gasteiger partial charge in [-0.15, -0.1) is 0 Å². The van der Waals surface area contributed by atoms with Gasteiger partial charge in [-0.25, -0.2) is 0 Å². The van der Waals surface area contributed by atoms with Gasteiger partial charge in [0.1, 0.15) is 0 Å². The van der Waals surface area contributed by atoms with E-state index in [0.717, 1.165) is 0 Å². The molecule has 0 unspecified atom stereocenters. The summed E-state index contributed by atoms with van der Waals surface area (Å²) in [6.07, 6.45) is 5.47. The molecule has 0 bridgehead atoms. The summed E-state index contributed by atoms with van der Waals surface area (Å²) in [5.41, 5.74) is 3.17. The molecule has 0 heterocycles. The molecular formula is C13H19N. The van der Waals surface area contributed by atoms with Gasteiger partial charge in [-0.05, 0) is 36.0 Å². The molecule has 0 aromatic heterocycles. The average Bonchev–Trinajstić information content (AvgIpc) is 2.67. The van der Waals surface area contributed by atoms with Crippen molar-refractivity contribution in [2.45, 2.75) is 38.0 Å². The molecule has 1 aliphatic rings. The zero-order valence-corrected chi connectivity index (χ0v) is 9.14. The van der Waals surface area contributed by atoms with E-state index < -0.39 is 0 Å². The number of nitrogens with one attached hydrogen (secondary N) is 1. The van der Waals surface area contributed by atoms with Crippen molar-refractivity contribution < 1.29 is 0 Å². The summed E-state index contributed by atoms with van der Waals surface area (Å²) in [5.74, 6) is 0. The normalized spacial score (nSPS) is 19.6. The van der Waals surface area contributed by atoms with Crippen molar-refractivity contribution in [3.8, 4) is 0 Å². The Morgan fingerprint density at radius 3 is 2.57 bits per heavy atom. The highest BCUT2D eigenvalue weighted by Gasteiger charge is 2.30. The summed E-state index contributed by atoms with van der Waals surface area (Å²) in [5, 5.41) is 3.21. The Bertz CT molecular complexity index is 311. The summed E-state index contributed by atoms with van der Waals surface area (Å²) in [6.45, 7) is 2.40. The van der Waals surface area contributed by atoms with E-state index in [9.17, 15) is 0 Å². The molecule has 0 aliphatic heterocycles. The highest BCUT2D eigenvalue weighted by atomic mass is 14.8. The Morgan fingerprint density at radius 2 is 1.93 bits per heavy atom. The van der Waals surface area contributed by atoms with Crippen molar-refractivity contribution in [2.75, 3.05) is 12.4 Å². The van der Waals surface area contributed by atoms with E-state index in [1.165, 1.54) is 36.9 Å². The molecule has 76 valence electrons. The number of hydrogen-bond acceptors (Lipinski definition) is 1. The largest absolute Gasteiger partial charge is 0.388 e. The van der Waals surface area contributed by atoms with Crippen LogP contribution in [0.25, 0.3) is 0 Å². The highest BCUT2D eigenvalue weighted by Crippen LogP contribution is 2.40. The van der Waals surface area contributed by atoms with Crippen LogP contribution in [0, 0.1) is 0 Å². The highest BCUT2D eigenvalue weighted by molar-refractivity contribution is 5.47. The van der Waals surface area contributed by atoms with Crippen molar-refractivity contribution in [1.82, 2.24) is 0 Å². The molecule has 1 nitrogen and oxygen atoms in total. The molecule has 0 spiro atoms. The summed E-state index contributed by atoms with van der Waals surface area (Å²) in [6, 6.07) is 8.85. The maximum absolute atomic E-state index is 3.21. The standard InChI is InChI=1S/C13H19N/c1-13(8-3-4-9-13)11-6-5-7-12(10-11)14-2/h5-7,10,14H,3-4,8-9H2,1-2H3. The number of anilines is 1. The van der Waals surface area contributed by atoms with Crippen LogP contribution in [0.1, 0.15) is 38.2 Å². The van der Waals surface area contributed by atoms with Crippen molar-refractivity contribution >= 4 is 5.69 Å². The van der Waals surface area contributed by atoms with Crippen LogP contribution in [0.5, 0.6) is 0 Å². The zero-order chi connectivity index (χ0) is 10.0. The monoisotopic (exact) mass is 189 g/mol. The molecule has 0 saturated heterocycles. The molecule has 1 N–H and O–H groups in total. The smallest absolute Gasteiger partial charge is 0.0340 e. The summed E-state index contributed by atoms with van der Waals surface area (Å²) < 4.78 is 0. The first-order valence-corrected chi connectivity index (χ1v) is 5.53. The predicted molar refractivity (Wildman–Crippen MR) is 61.8 cm³/mol. The van der Waals surface area contributed by atoms with Gasteiger partial charge in [0.2, 0.25) is 0 Å². The van der Waals surface area contributed by atoms with Gasteiger partial charge < -0.3 is 5.32 Å². The molecular weight excluding hydrogens is 170 g/mol. The second-order valence-corrected chi connectivity index (χ2v) is 4.60. The Kier molecular flexibility index (Phi) is 2.49. The van der Waals surface area contributed by atoms with E-state index in [2.05, 4.69) is 36.5 Å². The third-order valence-corrected chi connectivity index (χ3v) is 3.56. The fourth-order valence-electron chi connectivity index (χ4n) is 2.49. The molecule has 1 aliphatic carbocycles. The molecule has 1 aromatic rings. The topological polar surface area (TPSA) is 12.0 Å². The van der Waals surface area contributed by atoms with Crippen molar-refractivity contribution in [3.05, 3.63) is 29.8 Å². The lowest BCUT2D eigenvalue weighted by Crippen LogP contribution is -2.16. The van der Waals surface area contributed by atoms with Crippen LogP contribution in [0.4, 0.5) is 5.69 Å². The van der Waals surface area contributed by atoms with E-state index in [0.29, 0.717) is 5.41 Å². The first kappa shape index (κ1) is 9.57. The molecule has 0 atom stereocenters. The van der Waals surface area contributed by atoms with Crippen LogP contribution >= 0.6 is 0 Å². The van der Waals surface area contributed by atoms with Crippen molar-refractivity contribution in [3.63, 3.8) is 0 Å². The first-order chi connectivity index (χ1) is 6.74. The fourth-order valence-corrected chi connectivity index (χ4v) is 2.49. The van der Waals surface area contributed by atoms with Gasteiger partial charge >= 0.3 is 0 Å². The quantitative estimate of drug-likeness (QED) is 0.750. The molecule has 2 rings (SSSR count). The van der Waals surface area contributed by atoms with Gasteiger partial charge in [-0.3, -0.25) is 0 Å². The van der Waals surface area contributed by atoms with Crippen LogP contribution in [0.2, 0.25) is 0 Å².